The van der Waals surface area contributed by atoms with Crippen LogP contribution >= 0.6 is 0 Å². The number of benzene rings is 1. The molecule has 0 unspecified atom stereocenters. The largest absolute Gasteiger partial charge is 0.0848 e. The summed E-state index contributed by atoms with van der Waals surface area (Å²) in [6, 6.07) is 6.85. The third-order valence-electron chi connectivity index (χ3n) is 3.32. The average Bonchev–Trinajstić information content (AvgIpc) is 2.35. The van der Waals surface area contributed by atoms with Crippen LogP contribution in [0.3, 0.4) is 0 Å². The van der Waals surface area contributed by atoms with Crippen LogP contribution in [0.25, 0.3) is 5.57 Å². The zero-order valence-corrected chi connectivity index (χ0v) is 12.5. The lowest BCUT2D eigenvalue weighted by Gasteiger charge is -2.13. The lowest BCUT2D eigenvalue weighted by Crippen LogP contribution is -1.94. The molecule has 0 aliphatic carbocycles. The summed E-state index contributed by atoms with van der Waals surface area (Å²) < 4.78 is 0. The quantitative estimate of drug-likeness (QED) is 0.566. The van der Waals surface area contributed by atoms with Crippen LogP contribution in [0.1, 0.15) is 63.1 Å². The Morgan fingerprint density at radius 2 is 1.94 bits per heavy atom. The first-order valence-electron chi connectivity index (χ1n) is 7.06. The van der Waals surface area contributed by atoms with Crippen molar-refractivity contribution >= 4 is 5.57 Å². The van der Waals surface area contributed by atoms with Gasteiger partial charge in [-0.3, -0.25) is 0 Å². The number of hydrogen-bond donors (Lipinski definition) is 0. The van der Waals surface area contributed by atoms with E-state index in [0.29, 0.717) is 5.92 Å². The Balaban J connectivity index is 3.11. The van der Waals surface area contributed by atoms with Crippen molar-refractivity contribution in [1.29, 1.82) is 0 Å². The molecule has 0 heterocycles. The van der Waals surface area contributed by atoms with E-state index in [9.17, 15) is 0 Å². The van der Waals surface area contributed by atoms with Gasteiger partial charge in [0.1, 0.15) is 0 Å². The number of hydrogen-bond acceptors (Lipinski definition) is 0. The maximum absolute atomic E-state index is 2.36. The highest BCUT2D eigenvalue weighted by molar-refractivity contribution is 5.68. The van der Waals surface area contributed by atoms with Crippen molar-refractivity contribution in [2.45, 2.75) is 53.4 Å². The van der Waals surface area contributed by atoms with Crippen LogP contribution in [0.2, 0.25) is 0 Å². The Morgan fingerprint density at radius 3 is 2.50 bits per heavy atom. The molecule has 1 aromatic rings. The molecule has 0 amide bonds. The van der Waals surface area contributed by atoms with Gasteiger partial charge in [-0.25, -0.2) is 0 Å². The normalized spacial score (nSPS) is 12.7. The van der Waals surface area contributed by atoms with E-state index >= 15 is 0 Å². The zero-order valence-electron chi connectivity index (χ0n) is 12.5. The third kappa shape index (κ3) is 3.87. The molecule has 1 rings (SSSR count). The Labute approximate surface area is 112 Å². The van der Waals surface area contributed by atoms with Crippen LogP contribution < -0.4 is 0 Å². The van der Waals surface area contributed by atoms with Crippen molar-refractivity contribution in [3.63, 3.8) is 0 Å². The molecule has 98 valence electrons. The fourth-order valence-electron chi connectivity index (χ4n) is 2.20. The summed E-state index contributed by atoms with van der Waals surface area (Å²) in [5, 5.41) is 0. The summed E-state index contributed by atoms with van der Waals surface area (Å²) in [6.07, 6.45) is 8.80. The molecule has 0 aliphatic heterocycles. The van der Waals surface area contributed by atoms with Gasteiger partial charge >= 0.3 is 0 Å². The molecule has 0 saturated heterocycles. The fraction of sp³-hybridized carbons (Fsp3) is 0.444. The Morgan fingerprint density at radius 1 is 1.22 bits per heavy atom. The summed E-state index contributed by atoms with van der Waals surface area (Å²) in [5.41, 5.74) is 5.65. The highest BCUT2D eigenvalue weighted by atomic mass is 14.1. The standard InChI is InChI=1S/C18H26/c1-6-8-9-10-16(7-2)17-12-11-15(5)18(13-17)14(3)4/h8-14H,6-7H2,1-5H3. The van der Waals surface area contributed by atoms with Gasteiger partial charge in [-0.2, -0.15) is 0 Å². The average molecular weight is 242 g/mol. The minimum Gasteiger partial charge on any atom is -0.0848 e. The fourth-order valence-corrected chi connectivity index (χ4v) is 2.20. The van der Waals surface area contributed by atoms with E-state index < -0.39 is 0 Å². The van der Waals surface area contributed by atoms with E-state index in [1.165, 1.54) is 22.3 Å². The highest BCUT2D eigenvalue weighted by Crippen LogP contribution is 2.25. The molecule has 0 spiro atoms. The summed E-state index contributed by atoms with van der Waals surface area (Å²) in [7, 11) is 0. The second kappa shape index (κ2) is 7.20. The molecular formula is C18H26. The topological polar surface area (TPSA) is 0 Å². The SMILES string of the molecule is CCC=CC=C(CC)c1ccc(C)c(C(C)C)c1. The Bertz CT molecular complexity index is 433. The Kier molecular flexibility index (Phi) is 5.91. The molecule has 0 fully saturated rings. The molecule has 0 aliphatic rings. The number of aryl methyl sites for hydroxylation is 1. The van der Waals surface area contributed by atoms with Gasteiger partial charge in [-0.05, 0) is 47.9 Å². The van der Waals surface area contributed by atoms with Crippen molar-refractivity contribution in [3.05, 3.63) is 53.1 Å². The molecule has 0 atom stereocenters. The van der Waals surface area contributed by atoms with E-state index in [1.54, 1.807) is 0 Å². The molecule has 0 N–H and O–H groups in total. The van der Waals surface area contributed by atoms with Gasteiger partial charge in [0.05, 0.1) is 0 Å². The van der Waals surface area contributed by atoms with Gasteiger partial charge in [-0.1, -0.05) is 64.1 Å². The summed E-state index contributed by atoms with van der Waals surface area (Å²) >= 11 is 0. The second-order valence-electron chi connectivity index (χ2n) is 5.11. The molecule has 0 bridgehead atoms. The van der Waals surface area contributed by atoms with Crippen LogP contribution in [0.15, 0.2) is 36.4 Å². The maximum atomic E-state index is 2.36. The van der Waals surface area contributed by atoms with E-state index in [1.807, 2.05) is 0 Å². The van der Waals surface area contributed by atoms with Crippen LogP contribution in [0.5, 0.6) is 0 Å². The first-order chi connectivity index (χ1) is 8.60. The third-order valence-corrected chi connectivity index (χ3v) is 3.32. The molecule has 0 radical (unpaired) electrons. The van der Waals surface area contributed by atoms with Crippen molar-refractivity contribution in [1.82, 2.24) is 0 Å². The van der Waals surface area contributed by atoms with Crippen molar-refractivity contribution in [2.24, 2.45) is 0 Å². The van der Waals surface area contributed by atoms with Gasteiger partial charge in [0.25, 0.3) is 0 Å². The minimum atomic E-state index is 0.592. The van der Waals surface area contributed by atoms with Gasteiger partial charge in [-0.15, -0.1) is 0 Å². The van der Waals surface area contributed by atoms with Gasteiger partial charge in [0.2, 0.25) is 0 Å². The van der Waals surface area contributed by atoms with E-state index in [2.05, 4.69) is 71.0 Å². The molecule has 1 aromatic carbocycles. The second-order valence-corrected chi connectivity index (χ2v) is 5.11. The van der Waals surface area contributed by atoms with Gasteiger partial charge < -0.3 is 0 Å². The predicted octanol–water partition coefficient (Wildman–Crippen LogP) is 5.88. The lowest BCUT2D eigenvalue weighted by atomic mass is 9.92. The van der Waals surface area contributed by atoms with E-state index in [-0.39, 0.29) is 0 Å². The lowest BCUT2D eigenvalue weighted by molar-refractivity contribution is 0.855. The predicted molar refractivity (Wildman–Crippen MR) is 83.0 cm³/mol. The zero-order chi connectivity index (χ0) is 13.5. The van der Waals surface area contributed by atoms with Crippen LogP contribution in [-0.4, -0.2) is 0 Å². The molecule has 18 heavy (non-hydrogen) atoms. The van der Waals surface area contributed by atoms with Crippen LogP contribution in [0, 0.1) is 6.92 Å². The smallest absolute Gasteiger partial charge is 0.0216 e. The molecule has 0 nitrogen and oxygen atoms in total. The molecule has 0 heteroatoms. The van der Waals surface area contributed by atoms with Crippen LogP contribution in [-0.2, 0) is 0 Å². The summed E-state index contributed by atoms with van der Waals surface area (Å²) in [6.45, 7) is 11.1. The van der Waals surface area contributed by atoms with Gasteiger partial charge in [0.15, 0.2) is 0 Å². The summed E-state index contributed by atoms with van der Waals surface area (Å²) in [4.78, 5) is 0. The summed E-state index contributed by atoms with van der Waals surface area (Å²) in [5.74, 6) is 0.592. The maximum Gasteiger partial charge on any atom is -0.0216 e. The first kappa shape index (κ1) is 14.8. The number of rotatable bonds is 5. The van der Waals surface area contributed by atoms with Crippen molar-refractivity contribution < 1.29 is 0 Å². The monoisotopic (exact) mass is 242 g/mol. The Hall–Kier alpha value is -1.30. The highest BCUT2D eigenvalue weighted by Gasteiger charge is 2.06. The minimum absolute atomic E-state index is 0.592. The number of allylic oxidation sites excluding steroid dienone is 4. The van der Waals surface area contributed by atoms with E-state index in [4.69, 9.17) is 0 Å². The van der Waals surface area contributed by atoms with E-state index in [0.717, 1.165) is 12.8 Å². The van der Waals surface area contributed by atoms with Gasteiger partial charge in [0, 0.05) is 0 Å². The molecular weight excluding hydrogens is 216 g/mol. The molecule has 0 aromatic heterocycles. The van der Waals surface area contributed by atoms with Crippen molar-refractivity contribution in [3.8, 4) is 0 Å². The van der Waals surface area contributed by atoms with Crippen LogP contribution in [0.4, 0.5) is 0 Å². The van der Waals surface area contributed by atoms with Crippen molar-refractivity contribution in [2.75, 3.05) is 0 Å². The molecule has 0 saturated carbocycles. The first-order valence-corrected chi connectivity index (χ1v) is 7.06.